The van der Waals surface area contributed by atoms with E-state index in [0.717, 1.165) is 19.3 Å². The smallest absolute Gasteiger partial charge is 0.248 e. The van der Waals surface area contributed by atoms with Crippen molar-refractivity contribution in [2.45, 2.75) is 51.0 Å². The summed E-state index contributed by atoms with van der Waals surface area (Å²) in [5.74, 6) is 0.754. The molecule has 1 aliphatic rings. The van der Waals surface area contributed by atoms with E-state index in [-0.39, 0.29) is 10.7 Å². The number of hydrogen-bond donors (Lipinski definition) is 1. The van der Waals surface area contributed by atoms with E-state index in [4.69, 9.17) is 5.73 Å². The predicted molar refractivity (Wildman–Crippen MR) is 78.7 cm³/mol. The van der Waals surface area contributed by atoms with E-state index < -0.39 is 10.0 Å². The van der Waals surface area contributed by atoms with Crippen LogP contribution in [0.5, 0.6) is 0 Å². The van der Waals surface area contributed by atoms with Crippen LogP contribution in [0.4, 0.5) is 5.82 Å². The molecule has 114 valence electrons. The van der Waals surface area contributed by atoms with Gasteiger partial charge in [-0.15, -0.1) is 0 Å². The topological polar surface area (TPSA) is 81.2 Å². The van der Waals surface area contributed by atoms with Crippen LogP contribution >= 0.6 is 0 Å². The Labute approximate surface area is 121 Å². The van der Waals surface area contributed by atoms with E-state index in [1.54, 1.807) is 8.99 Å². The summed E-state index contributed by atoms with van der Waals surface area (Å²) in [6, 6.07) is 0. The molecule has 0 amide bonds. The predicted octanol–water partition coefficient (Wildman–Crippen LogP) is 1.69. The Morgan fingerprint density at radius 1 is 1.35 bits per heavy atom. The highest BCUT2D eigenvalue weighted by Gasteiger charge is 2.31. The van der Waals surface area contributed by atoms with Crippen molar-refractivity contribution in [3.05, 3.63) is 6.20 Å². The molecule has 1 aromatic heterocycles. The van der Waals surface area contributed by atoms with Gasteiger partial charge in [-0.3, -0.25) is 4.68 Å². The quantitative estimate of drug-likeness (QED) is 0.897. The molecule has 0 unspecified atom stereocenters. The third-order valence-corrected chi connectivity index (χ3v) is 5.88. The molecule has 1 aromatic rings. The van der Waals surface area contributed by atoms with Crippen LogP contribution in [0, 0.1) is 5.92 Å². The molecule has 2 rings (SSSR count). The van der Waals surface area contributed by atoms with Crippen LogP contribution in [0.25, 0.3) is 0 Å². The Kier molecular flexibility index (Phi) is 4.70. The summed E-state index contributed by atoms with van der Waals surface area (Å²) < 4.78 is 28.3. The molecule has 0 atom stereocenters. The third-order valence-electron chi connectivity index (χ3n) is 3.97. The second-order valence-electron chi connectivity index (χ2n) is 5.37. The highest BCUT2D eigenvalue weighted by atomic mass is 32.2. The first-order valence-corrected chi connectivity index (χ1v) is 8.76. The fourth-order valence-corrected chi connectivity index (χ4v) is 4.29. The molecule has 0 aliphatic carbocycles. The van der Waals surface area contributed by atoms with Gasteiger partial charge in [-0.2, -0.15) is 9.40 Å². The van der Waals surface area contributed by atoms with Crippen molar-refractivity contribution in [1.29, 1.82) is 0 Å². The number of aryl methyl sites for hydroxylation is 1. The Hall–Kier alpha value is -1.08. The number of nitrogens with zero attached hydrogens (tertiary/aromatic N) is 3. The van der Waals surface area contributed by atoms with Gasteiger partial charge < -0.3 is 5.73 Å². The van der Waals surface area contributed by atoms with Crippen LogP contribution in [0.1, 0.15) is 39.5 Å². The molecule has 6 nitrogen and oxygen atoms in total. The lowest BCUT2D eigenvalue weighted by Gasteiger charge is -2.30. The van der Waals surface area contributed by atoms with Crippen molar-refractivity contribution >= 4 is 15.8 Å². The molecule has 0 radical (unpaired) electrons. The van der Waals surface area contributed by atoms with Gasteiger partial charge in [0.25, 0.3) is 0 Å². The molecular formula is C13H24N4O2S. The van der Waals surface area contributed by atoms with Gasteiger partial charge in [0.05, 0.1) is 0 Å². The maximum absolute atomic E-state index is 12.6. The minimum atomic E-state index is -3.50. The summed E-state index contributed by atoms with van der Waals surface area (Å²) in [4.78, 5) is 0.147. The molecule has 1 fully saturated rings. The second kappa shape index (κ2) is 6.13. The van der Waals surface area contributed by atoms with E-state index in [1.807, 2.05) is 6.92 Å². The van der Waals surface area contributed by atoms with Gasteiger partial charge in [0.2, 0.25) is 10.0 Å². The standard InChI is InChI=1S/C13H24N4O2S/c1-3-5-11-6-8-17(9-7-11)20(18,19)12-10-16(4-2)15-13(12)14/h10-11H,3-9H2,1-2H3,(H2,14,15). The SMILES string of the molecule is CCCC1CCN(S(=O)(=O)c2cn(CC)nc2N)CC1. The zero-order valence-corrected chi connectivity index (χ0v) is 13.1. The van der Waals surface area contributed by atoms with E-state index in [2.05, 4.69) is 12.0 Å². The van der Waals surface area contributed by atoms with Gasteiger partial charge in [0.15, 0.2) is 5.82 Å². The number of hydrogen-bond acceptors (Lipinski definition) is 4. The van der Waals surface area contributed by atoms with Gasteiger partial charge in [-0.25, -0.2) is 8.42 Å². The number of anilines is 1. The minimum Gasteiger partial charge on any atom is -0.381 e. The number of nitrogen functional groups attached to an aromatic ring is 1. The lowest BCUT2D eigenvalue weighted by molar-refractivity contribution is 0.262. The van der Waals surface area contributed by atoms with Gasteiger partial charge in [0.1, 0.15) is 4.90 Å². The fraction of sp³-hybridized carbons (Fsp3) is 0.769. The number of sulfonamides is 1. The average molecular weight is 300 g/mol. The van der Waals surface area contributed by atoms with E-state index >= 15 is 0 Å². The second-order valence-corrected chi connectivity index (χ2v) is 7.28. The van der Waals surface area contributed by atoms with Crippen molar-refractivity contribution in [2.75, 3.05) is 18.8 Å². The van der Waals surface area contributed by atoms with Gasteiger partial charge in [-0.05, 0) is 25.7 Å². The summed E-state index contributed by atoms with van der Waals surface area (Å²) in [5, 5.41) is 4.02. The van der Waals surface area contributed by atoms with Crippen LogP contribution in [0.15, 0.2) is 11.1 Å². The molecular weight excluding hydrogens is 276 g/mol. The van der Waals surface area contributed by atoms with Crippen molar-refractivity contribution in [3.63, 3.8) is 0 Å². The van der Waals surface area contributed by atoms with E-state index in [9.17, 15) is 8.42 Å². The van der Waals surface area contributed by atoms with Crippen LogP contribution in [-0.2, 0) is 16.6 Å². The molecule has 7 heteroatoms. The number of piperidine rings is 1. The summed E-state index contributed by atoms with van der Waals surface area (Å²) >= 11 is 0. The van der Waals surface area contributed by atoms with Crippen LogP contribution in [-0.4, -0.2) is 35.6 Å². The van der Waals surface area contributed by atoms with Gasteiger partial charge in [-0.1, -0.05) is 19.8 Å². The Morgan fingerprint density at radius 2 is 2.00 bits per heavy atom. The van der Waals surface area contributed by atoms with Crippen molar-refractivity contribution in [2.24, 2.45) is 5.92 Å². The summed E-state index contributed by atoms with van der Waals surface area (Å²) in [5.41, 5.74) is 5.75. The first kappa shape index (κ1) is 15.3. The molecule has 1 aliphatic heterocycles. The highest BCUT2D eigenvalue weighted by molar-refractivity contribution is 7.89. The first-order valence-electron chi connectivity index (χ1n) is 7.32. The summed E-state index contributed by atoms with van der Waals surface area (Å²) in [7, 11) is -3.50. The van der Waals surface area contributed by atoms with Crippen LogP contribution in [0.3, 0.4) is 0 Å². The zero-order valence-electron chi connectivity index (χ0n) is 12.2. The third kappa shape index (κ3) is 2.98. The molecule has 2 heterocycles. The van der Waals surface area contributed by atoms with E-state index in [1.165, 1.54) is 12.6 Å². The molecule has 0 spiro atoms. The average Bonchev–Trinajstić information content (AvgIpc) is 2.82. The largest absolute Gasteiger partial charge is 0.381 e. The van der Waals surface area contributed by atoms with E-state index in [0.29, 0.717) is 25.6 Å². The Morgan fingerprint density at radius 3 is 2.50 bits per heavy atom. The van der Waals surface area contributed by atoms with Gasteiger partial charge in [0, 0.05) is 25.8 Å². The molecule has 1 saturated heterocycles. The summed E-state index contributed by atoms with van der Waals surface area (Å²) in [6.07, 6.45) is 5.75. The number of aromatic nitrogens is 2. The maximum atomic E-state index is 12.6. The molecule has 2 N–H and O–H groups in total. The lowest BCUT2D eigenvalue weighted by Crippen LogP contribution is -2.38. The minimum absolute atomic E-state index is 0.0996. The van der Waals surface area contributed by atoms with Crippen molar-refractivity contribution < 1.29 is 8.42 Å². The fourth-order valence-electron chi connectivity index (χ4n) is 2.76. The van der Waals surface area contributed by atoms with Crippen molar-refractivity contribution in [1.82, 2.24) is 14.1 Å². The van der Waals surface area contributed by atoms with Crippen LogP contribution in [0.2, 0.25) is 0 Å². The highest BCUT2D eigenvalue weighted by Crippen LogP contribution is 2.28. The molecule has 0 aromatic carbocycles. The Balaban J connectivity index is 2.13. The summed E-state index contributed by atoms with van der Waals surface area (Å²) in [6.45, 7) is 5.85. The van der Waals surface area contributed by atoms with Crippen LogP contribution < -0.4 is 5.73 Å². The van der Waals surface area contributed by atoms with Crippen molar-refractivity contribution in [3.8, 4) is 0 Å². The Bertz CT molecular complexity index is 545. The molecule has 0 bridgehead atoms. The number of nitrogens with two attached hydrogens (primary N) is 1. The number of rotatable bonds is 5. The maximum Gasteiger partial charge on any atom is 0.248 e. The monoisotopic (exact) mass is 300 g/mol. The molecule has 20 heavy (non-hydrogen) atoms. The normalized spacial score (nSPS) is 18.5. The lowest BCUT2D eigenvalue weighted by atomic mass is 9.94. The van der Waals surface area contributed by atoms with Gasteiger partial charge >= 0.3 is 0 Å². The molecule has 0 saturated carbocycles. The first-order chi connectivity index (χ1) is 9.48. The zero-order chi connectivity index (χ0) is 14.8.